The molecule has 0 bridgehead atoms. The standard InChI is InChI=1S/C16H14N2O2S/c17-11-12-4-1-2-7-15(12)18-16(20)8-9-21-14-6-3-5-13(19)10-14/h1-7,10,19H,8-9H2,(H,18,20). The number of carbonyl (C=O) groups is 1. The molecule has 5 heteroatoms. The average Bonchev–Trinajstić information content (AvgIpc) is 2.48. The largest absolute Gasteiger partial charge is 0.508 e. The molecule has 1 amide bonds. The van der Waals surface area contributed by atoms with Crippen molar-refractivity contribution in [1.29, 1.82) is 5.26 Å². The van der Waals surface area contributed by atoms with E-state index in [-0.39, 0.29) is 11.7 Å². The average molecular weight is 298 g/mol. The highest BCUT2D eigenvalue weighted by atomic mass is 32.2. The van der Waals surface area contributed by atoms with Gasteiger partial charge in [0.15, 0.2) is 0 Å². The van der Waals surface area contributed by atoms with E-state index in [0.717, 1.165) is 4.90 Å². The van der Waals surface area contributed by atoms with Crippen LogP contribution in [0.15, 0.2) is 53.4 Å². The SMILES string of the molecule is N#Cc1ccccc1NC(=O)CCSc1cccc(O)c1. The maximum Gasteiger partial charge on any atom is 0.225 e. The summed E-state index contributed by atoms with van der Waals surface area (Å²) in [5, 5.41) is 21.0. The molecule has 4 nitrogen and oxygen atoms in total. The Balaban J connectivity index is 1.84. The van der Waals surface area contributed by atoms with Crippen molar-refractivity contribution in [2.24, 2.45) is 0 Å². The van der Waals surface area contributed by atoms with E-state index >= 15 is 0 Å². The van der Waals surface area contributed by atoms with Gasteiger partial charge in [-0.3, -0.25) is 4.79 Å². The number of amides is 1. The Kier molecular flexibility index (Phi) is 5.24. The molecule has 21 heavy (non-hydrogen) atoms. The van der Waals surface area contributed by atoms with Crippen molar-refractivity contribution < 1.29 is 9.90 Å². The number of nitrogens with one attached hydrogen (secondary N) is 1. The van der Waals surface area contributed by atoms with Gasteiger partial charge in [-0.15, -0.1) is 11.8 Å². The summed E-state index contributed by atoms with van der Waals surface area (Å²) in [5.41, 5.74) is 0.985. The van der Waals surface area contributed by atoms with Gasteiger partial charge in [0.1, 0.15) is 11.8 Å². The number of para-hydroxylation sites is 1. The van der Waals surface area contributed by atoms with Gasteiger partial charge in [0.2, 0.25) is 5.91 Å². The van der Waals surface area contributed by atoms with Crippen LogP contribution in [-0.2, 0) is 4.79 Å². The Morgan fingerprint density at radius 1 is 1.24 bits per heavy atom. The van der Waals surface area contributed by atoms with Gasteiger partial charge < -0.3 is 10.4 Å². The number of phenols is 1. The third kappa shape index (κ3) is 4.55. The summed E-state index contributed by atoms with van der Waals surface area (Å²) in [7, 11) is 0. The first-order valence-corrected chi connectivity index (χ1v) is 7.38. The Bertz CT molecular complexity index is 680. The molecule has 0 unspecified atom stereocenters. The van der Waals surface area contributed by atoms with Crippen LogP contribution >= 0.6 is 11.8 Å². The van der Waals surface area contributed by atoms with E-state index < -0.39 is 0 Å². The predicted octanol–water partition coefficient (Wildman–Crippen LogP) is 3.38. The van der Waals surface area contributed by atoms with Crippen LogP contribution in [0.1, 0.15) is 12.0 Å². The molecule has 0 saturated carbocycles. The van der Waals surface area contributed by atoms with Crippen LogP contribution in [-0.4, -0.2) is 16.8 Å². The topological polar surface area (TPSA) is 73.1 Å². The van der Waals surface area contributed by atoms with Crippen LogP contribution in [0.25, 0.3) is 0 Å². The Morgan fingerprint density at radius 2 is 2.05 bits per heavy atom. The van der Waals surface area contributed by atoms with Crippen molar-refractivity contribution in [3.8, 4) is 11.8 Å². The number of anilines is 1. The molecule has 0 atom stereocenters. The van der Waals surface area contributed by atoms with Gasteiger partial charge >= 0.3 is 0 Å². The number of hydrogen-bond acceptors (Lipinski definition) is 4. The number of aromatic hydroxyl groups is 1. The number of phenolic OH excluding ortho intramolecular Hbond substituents is 1. The Hall–Kier alpha value is -2.45. The lowest BCUT2D eigenvalue weighted by Gasteiger charge is -2.06. The number of thioether (sulfide) groups is 1. The number of hydrogen-bond donors (Lipinski definition) is 2. The van der Waals surface area contributed by atoms with Crippen molar-refractivity contribution in [2.75, 3.05) is 11.1 Å². The fourth-order valence-corrected chi connectivity index (χ4v) is 2.64. The molecule has 0 aromatic heterocycles. The highest BCUT2D eigenvalue weighted by molar-refractivity contribution is 7.99. The number of rotatable bonds is 5. The van der Waals surface area contributed by atoms with E-state index in [0.29, 0.717) is 23.4 Å². The molecule has 0 aliphatic rings. The minimum absolute atomic E-state index is 0.134. The third-order valence-corrected chi connectivity index (χ3v) is 3.73. The molecule has 0 aliphatic heterocycles. The second-order valence-corrected chi connectivity index (χ2v) is 5.47. The van der Waals surface area contributed by atoms with Crippen LogP contribution < -0.4 is 5.32 Å². The summed E-state index contributed by atoms with van der Waals surface area (Å²) in [4.78, 5) is 12.8. The molecule has 2 aromatic rings. The van der Waals surface area contributed by atoms with Crippen molar-refractivity contribution in [3.05, 3.63) is 54.1 Å². The lowest BCUT2D eigenvalue weighted by atomic mass is 10.2. The molecule has 0 saturated heterocycles. The van der Waals surface area contributed by atoms with Gasteiger partial charge in [-0.05, 0) is 30.3 Å². The number of carbonyl (C=O) groups excluding carboxylic acids is 1. The number of benzene rings is 2. The van der Waals surface area contributed by atoms with Crippen LogP contribution in [0.5, 0.6) is 5.75 Å². The van der Waals surface area contributed by atoms with Crippen molar-refractivity contribution in [2.45, 2.75) is 11.3 Å². The zero-order valence-corrected chi connectivity index (χ0v) is 12.1. The highest BCUT2D eigenvalue weighted by Gasteiger charge is 2.06. The minimum Gasteiger partial charge on any atom is -0.508 e. The van der Waals surface area contributed by atoms with Gasteiger partial charge in [-0.2, -0.15) is 5.26 Å². The first-order valence-electron chi connectivity index (χ1n) is 6.40. The van der Waals surface area contributed by atoms with E-state index in [2.05, 4.69) is 5.32 Å². The summed E-state index contributed by atoms with van der Waals surface area (Å²) in [6.45, 7) is 0. The molecular formula is C16H14N2O2S. The van der Waals surface area contributed by atoms with Gasteiger partial charge in [0.05, 0.1) is 11.3 Å². The molecule has 0 spiro atoms. The fourth-order valence-electron chi connectivity index (χ4n) is 1.74. The summed E-state index contributed by atoms with van der Waals surface area (Å²) in [6.07, 6.45) is 0.333. The van der Waals surface area contributed by atoms with E-state index in [1.807, 2.05) is 12.1 Å². The van der Waals surface area contributed by atoms with Gasteiger partial charge in [-0.25, -0.2) is 0 Å². The van der Waals surface area contributed by atoms with E-state index in [1.54, 1.807) is 42.5 Å². The van der Waals surface area contributed by atoms with Crippen LogP contribution in [0.2, 0.25) is 0 Å². The van der Waals surface area contributed by atoms with Crippen LogP contribution in [0.4, 0.5) is 5.69 Å². The second kappa shape index (κ2) is 7.36. The normalized spacial score (nSPS) is 9.86. The molecule has 106 valence electrons. The first-order chi connectivity index (χ1) is 10.2. The number of nitriles is 1. The molecule has 2 aromatic carbocycles. The smallest absolute Gasteiger partial charge is 0.225 e. The minimum atomic E-state index is -0.134. The van der Waals surface area contributed by atoms with Crippen molar-refractivity contribution in [1.82, 2.24) is 0 Å². The van der Waals surface area contributed by atoms with Crippen LogP contribution in [0, 0.1) is 11.3 Å². The molecule has 0 aliphatic carbocycles. The zero-order valence-electron chi connectivity index (χ0n) is 11.2. The van der Waals surface area contributed by atoms with Gasteiger partial charge in [0, 0.05) is 17.1 Å². The van der Waals surface area contributed by atoms with E-state index in [4.69, 9.17) is 5.26 Å². The van der Waals surface area contributed by atoms with E-state index in [1.165, 1.54) is 11.8 Å². The molecule has 0 heterocycles. The summed E-state index contributed by atoms with van der Waals surface area (Å²) < 4.78 is 0. The number of nitrogens with zero attached hydrogens (tertiary/aromatic N) is 1. The Labute approximate surface area is 127 Å². The monoisotopic (exact) mass is 298 g/mol. The fraction of sp³-hybridized carbons (Fsp3) is 0.125. The third-order valence-electron chi connectivity index (χ3n) is 2.74. The summed E-state index contributed by atoms with van der Waals surface area (Å²) in [6, 6.07) is 15.9. The summed E-state index contributed by atoms with van der Waals surface area (Å²) in [5.74, 6) is 0.682. The maximum atomic E-state index is 11.9. The lowest BCUT2D eigenvalue weighted by Crippen LogP contribution is -2.13. The molecule has 2 rings (SSSR count). The van der Waals surface area contributed by atoms with Gasteiger partial charge in [-0.1, -0.05) is 18.2 Å². The predicted molar refractivity (Wildman–Crippen MR) is 83.2 cm³/mol. The van der Waals surface area contributed by atoms with Gasteiger partial charge in [0.25, 0.3) is 0 Å². The molecule has 0 radical (unpaired) electrons. The van der Waals surface area contributed by atoms with Crippen molar-refractivity contribution >= 4 is 23.4 Å². The van der Waals surface area contributed by atoms with Crippen molar-refractivity contribution in [3.63, 3.8) is 0 Å². The highest BCUT2D eigenvalue weighted by Crippen LogP contribution is 2.23. The molecular weight excluding hydrogens is 284 g/mol. The Morgan fingerprint density at radius 3 is 2.81 bits per heavy atom. The summed E-state index contributed by atoms with van der Waals surface area (Å²) >= 11 is 1.50. The quantitative estimate of drug-likeness (QED) is 0.830. The maximum absolute atomic E-state index is 11.9. The zero-order chi connectivity index (χ0) is 15.1. The molecule has 2 N–H and O–H groups in total. The van der Waals surface area contributed by atoms with Crippen LogP contribution in [0.3, 0.4) is 0 Å². The molecule has 0 fully saturated rings. The van der Waals surface area contributed by atoms with E-state index in [9.17, 15) is 9.90 Å². The lowest BCUT2D eigenvalue weighted by molar-refractivity contribution is -0.115. The first kappa shape index (κ1) is 14.9. The second-order valence-electron chi connectivity index (χ2n) is 4.30.